The van der Waals surface area contributed by atoms with E-state index in [-0.39, 0.29) is 30.3 Å². The van der Waals surface area contributed by atoms with Gasteiger partial charge >= 0.3 is 6.03 Å². The second-order valence-electron chi connectivity index (χ2n) is 7.91. The monoisotopic (exact) mass is 431 g/mol. The Morgan fingerprint density at radius 3 is 2.62 bits per heavy atom. The Labute approximate surface area is 185 Å². The highest BCUT2D eigenvalue weighted by Crippen LogP contribution is 2.34. The lowest BCUT2D eigenvalue weighted by Crippen LogP contribution is -2.56. The van der Waals surface area contributed by atoms with Crippen LogP contribution in [-0.4, -0.2) is 41.4 Å². The van der Waals surface area contributed by atoms with Crippen LogP contribution >= 0.6 is 0 Å². The lowest BCUT2D eigenvalue weighted by atomic mass is 9.90. The van der Waals surface area contributed by atoms with Gasteiger partial charge in [-0.1, -0.05) is 36.4 Å². The summed E-state index contributed by atoms with van der Waals surface area (Å²) in [6, 6.07) is 20.7. The molecule has 162 valence electrons. The third-order valence-electron chi connectivity index (χ3n) is 5.88. The van der Waals surface area contributed by atoms with Crippen LogP contribution in [0.4, 0.5) is 14.9 Å². The van der Waals surface area contributed by atoms with Gasteiger partial charge in [-0.2, -0.15) is 0 Å². The van der Waals surface area contributed by atoms with Gasteiger partial charge < -0.3 is 19.9 Å². The molecule has 3 aromatic carbocycles. The van der Waals surface area contributed by atoms with Gasteiger partial charge in [-0.05, 0) is 47.9 Å². The van der Waals surface area contributed by atoms with Gasteiger partial charge in [-0.3, -0.25) is 4.79 Å². The first-order valence-corrected chi connectivity index (χ1v) is 10.5. The van der Waals surface area contributed by atoms with E-state index in [2.05, 4.69) is 5.32 Å². The van der Waals surface area contributed by atoms with Crippen molar-refractivity contribution in [2.75, 3.05) is 25.0 Å². The molecule has 3 amide bonds. The molecule has 0 radical (unpaired) electrons. The third-order valence-corrected chi connectivity index (χ3v) is 5.88. The number of halogens is 1. The minimum absolute atomic E-state index is 0.00676. The van der Waals surface area contributed by atoms with Crippen molar-refractivity contribution in [1.29, 1.82) is 0 Å². The normalized spacial score (nSPS) is 17.4. The molecular formula is C25H22FN3O3. The van der Waals surface area contributed by atoms with Crippen molar-refractivity contribution in [3.63, 3.8) is 0 Å². The summed E-state index contributed by atoms with van der Waals surface area (Å²) in [7, 11) is 0. The van der Waals surface area contributed by atoms with Crippen molar-refractivity contribution in [2.45, 2.75) is 12.5 Å². The number of nitrogens with zero attached hydrogens (tertiary/aromatic N) is 2. The van der Waals surface area contributed by atoms with Crippen molar-refractivity contribution in [2.24, 2.45) is 0 Å². The van der Waals surface area contributed by atoms with E-state index in [0.29, 0.717) is 42.3 Å². The topological polar surface area (TPSA) is 61.9 Å². The van der Waals surface area contributed by atoms with E-state index in [0.717, 1.165) is 5.56 Å². The van der Waals surface area contributed by atoms with Crippen LogP contribution in [0.15, 0.2) is 72.8 Å². The number of carbonyl (C=O) groups excluding carboxylic acids is 2. The van der Waals surface area contributed by atoms with Crippen LogP contribution in [0.25, 0.3) is 0 Å². The number of anilines is 1. The van der Waals surface area contributed by atoms with Gasteiger partial charge in [0.25, 0.3) is 0 Å². The second-order valence-corrected chi connectivity index (χ2v) is 7.91. The van der Waals surface area contributed by atoms with Crippen molar-refractivity contribution in [3.05, 3.63) is 89.7 Å². The molecule has 6 nitrogen and oxygen atoms in total. The molecule has 0 aliphatic carbocycles. The molecule has 1 N–H and O–H groups in total. The first kappa shape index (κ1) is 20.1. The zero-order valence-electron chi connectivity index (χ0n) is 17.3. The minimum Gasteiger partial charge on any atom is -0.457 e. The molecule has 0 aromatic heterocycles. The molecule has 7 heteroatoms. The highest BCUT2D eigenvalue weighted by atomic mass is 19.1. The van der Waals surface area contributed by atoms with Crippen LogP contribution in [0, 0.1) is 5.82 Å². The maximum absolute atomic E-state index is 14.3. The third kappa shape index (κ3) is 3.89. The number of piperazine rings is 1. The Morgan fingerprint density at radius 1 is 1.00 bits per heavy atom. The molecule has 1 atom stereocenters. The van der Waals surface area contributed by atoms with Crippen LogP contribution in [-0.2, 0) is 11.2 Å². The van der Waals surface area contributed by atoms with Crippen LogP contribution < -0.4 is 10.1 Å². The Morgan fingerprint density at radius 2 is 1.78 bits per heavy atom. The average Bonchev–Trinajstić information content (AvgIpc) is 2.80. The van der Waals surface area contributed by atoms with Crippen molar-refractivity contribution in [1.82, 2.24) is 9.80 Å². The summed E-state index contributed by atoms with van der Waals surface area (Å²) in [5.41, 5.74) is 1.98. The van der Waals surface area contributed by atoms with Gasteiger partial charge in [0.2, 0.25) is 5.91 Å². The summed E-state index contributed by atoms with van der Waals surface area (Å²) in [5.74, 6) is 0.895. The van der Waals surface area contributed by atoms with E-state index in [9.17, 15) is 14.0 Å². The van der Waals surface area contributed by atoms with Gasteiger partial charge in [0.1, 0.15) is 23.9 Å². The Hall–Kier alpha value is -3.87. The van der Waals surface area contributed by atoms with Crippen LogP contribution in [0.3, 0.4) is 0 Å². The average molecular weight is 431 g/mol. The SMILES string of the molecule is O=C(Nc1cccc(Oc2ccccc2)c1)N1CC(=O)N2CCc3c(F)cccc3C2C1. The van der Waals surface area contributed by atoms with Crippen LogP contribution in [0.1, 0.15) is 17.2 Å². The van der Waals surface area contributed by atoms with Gasteiger partial charge in [0, 0.05) is 24.8 Å². The molecule has 2 aliphatic rings. The molecule has 32 heavy (non-hydrogen) atoms. The molecule has 1 saturated heterocycles. The summed E-state index contributed by atoms with van der Waals surface area (Å²) in [6.07, 6.45) is 0.491. The van der Waals surface area contributed by atoms with Gasteiger partial charge in [-0.25, -0.2) is 9.18 Å². The number of carbonyl (C=O) groups is 2. The number of nitrogens with one attached hydrogen (secondary N) is 1. The molecule has 0 bridgehead atoms. The highest BCUT2D eigenvalue weighted by molar-refractivity contribution is 5.93. The fourth-order valence-electron chi connectivity index (χ4n) is 4.35. The van der Waals surface area contributed by atoms with E-state index in [4.69, 9.17) is 4.74 Å². The van der Waals surface area contributed by atoms with Crippen molar-refractivity contribution >= 4 is 17.6 Å². The summed E-state index contributed by atoms with van der Waals surface area (Å²) in [4.78, 5) is 28.9. The number of hydrogen-bond acceptors (Lipinski definition) is 3. The minimum atomic E-state index is -0.376. The quantitative estimate of drug-likeness (QED) is 0.660. The summed E-state index contributed by atoms with van der Waals surface area (Å²) in [6.45, 7) is 0.771. The molecule has 1 unspecified atom stereocenters. The molecule has 1 fully saturated rings. The summed E-state index contributed by atoms with van der Waals surface area (Å²) >= 11 is 0. The number of hydrogen-bond donors (Lipinski definition) is 1. The van der Waals surface area contributed by atoms with E-state index in [1.54, 1.807) is 35.2 Å². The maximum atomic E-state index is 14.3. The van der Waals surface area contributed by atoms with E-state index in [1.165, 1.54) is 11.0 Å². The number of urea groups is 1. The Balaban J connectivity index is 1.31. The standard InChI is InChI=1S/C25H22FN3O3/c26-22-11-5-10-21-20(22)12-13-29-23(21)15-28(16-24(29)30)25(31)27-17-6-4-9-19(14-17)32-18-7-2-1-3-8-18/h1-11,14,23H,12-13,15-16H2,(H,27,31). The molecule has 5 rings (SSSR count). The van der Waals surface area contributed by atoms with Crippen molar-refractivity contribution in [3.8, 4) is 11.5 Å². The lowest BCUT2D eigenvalue weighted by molar-refractivity contribution is -0.139. The fourth-order valence-corrected chi connectivity index (χ4v) is 4.35. The van der Waals surface area contributed by atoms with Crippen molar-refractivity contribution < 1.29 is 18.7 Å². The number of para-hydroxylation sites is 1. The Kier molecular flexibility index (Phi) is 5.23. The summed E-state index contributed by atoms with van der Waals surface area (Å²) in [5, 5.41) is 2.85. The zero-order valence-corrected chi connectivity index (χ0v) is 17.3. The molecular weight excluding hydrogens is 409 g/mol. The van der Waals surface area contributed by atoms with Gasteiger partial charge in [-0.15, -0.1) is 0 Å². The predicted octanol–water partition coefficient (Wildman–Crippen LogP) is 4.59. The van der Waals surface area contributed by atoms with Gasteiger partial charge in [0.15, 0.2) is 0 Å². The van der Waals surface area contributed by atoms with E-state index in [1.807, 2.05) is 36.4 Å². The molecule has 3 aromatic rings. The number of benzene rings is 3. The molecule has 0 saturated carbocycles. The first-order valence-electron chi connectivity index (χ1n) is 10.5. The fraction of sp³-hybridized carbons (Fsp3) is 0.200. The lowest BCUT2D eigenvalue weighted by Gasteiger charge is -2.44. The smallest absolute Gasteiger partial charge is 0.322 e. The summed E-state index contributed by atoms with van der Waals surface area (Å²) < 4.78 is 20.1. The number of fused-ring (bicyclic) bond motifs is 3. The molecule has 0 spiro atoms. The van der Waals surface area contributed by atoms with Crippen LogP contribution in [0.2, 0.25) is 0 Å². The second kappa shape index (κ2) is 8.34. The number of ether oxygens (including phenoxy) is 1. The zero-order chi connectivity index (χ0) is 22.1. The largest absolute Gasteiger partial charge is 0.457 e. The van der Waals surface area contributed by atoms with E-state index < -0.39 is 0 Å². The van der Waals surface area contributed by atoms with Crippen LogP contribution in [0.5, 0.6) is 11.5 Å². The maximum Gasteiger partial charge on any atom is 0.322 e. The molecule has 2 heterocycles. The number of rotatable bonds is 3. The Bertz CT molecular complexity index is 1170. The number of amides is 3. The van der Waals surface area contributed by atoms with E-state index >= 15 is 0 Å². The highest BCUT2D eigenvalue weighted by Gasteiger charge is 2.39. The molecule has 2 aliphatic heterocycles. The van der Waals surface area contributed by atoms with Gasteiger partial charge in [0.05, 0.1) is 6.04 Å². The first-order chi connectivity index (χ1) is 15.6. The predicted molar refractivity (Wildman–Crippen MR) is 118 cm³/mol.